The van der Waals surface area contributed by atoms with Crippen LogP contribution in [0.3, 0.4) is 0 Å². The maximum absolute atomic E-state index is 11.9. The van der Waals surface area contributed by atoms with Crippen LogP contribution in [0.5, 0.6) is 0 Å². The predicted octanol–water partition coefficient (Wildman–Crippen LogP) is 2.74. The van der Waals surface area contributed by atoms with Gasteiger partial charge in [0.1, 0.15) is 11.0 Å². The maximum atomic E-state index is 11.9. The molecule has 2 aromatic carbocycles. The van der Waals surface area contributed by atoms with Crippen molar-refractivity contribution in [2.75, 3.05) is 17.2 Å². The lowest BCUT2D eigenvalue weighted by atomic mass is 10.2. The molecule has 0 aliphatic rings. The lowest BCUT2D eigenvalue weighted by molar-refractivity contribution is -0.114. The second-order valence-corrected chi connectivity index (χ2v) is 4.73. The molecule has 1 amide bonds. The van der Waals surface area contributed by atoms with Gasteiger partial charge in [0.25, 0.3) is 0 Å². The summed E-state index contributed by atoms with van der Waals surface area (Å²) in [7, 11) is 0. The van der Waals surface area contributed by atoms with E-state index >= 15 is 0 Å². The molecule has 0 aliphatic carbocycles. The SMILES string of the molecule is O=C(CNc1ccccc1)Nc1cccc2nsnc12. The van der Waals surface area contributed by atoms with E-state index in [-0.39, 0.29) is 12.5 Å². The Morgan fingerprint density at radius 2 is 1.90 bits per heavy atom. The monoisotopic (exact) mass is 284 g/mol. The molecule has 1 heterocycles. The Bertz CT molecular complexity index is 726. The van der Waals surface area contributed by atoms with Crippen molar-refractivity contribution in [3.8, 4) is 0 Å². The van der Waals surface area contributed by atoms with Gasteiger partial charge in [-0.15, -0.1) is 0 Å². The van der Waals surface area contributed by atoms with Gasteiger partial charge in [0.05, 0.1) is 24.0 Å². The third-order valence-corrected chi connectivity index (χ3v) is 3.33. The van der Waals surface area contributed by atoms with E-state index in [2.05, 4.69) is 19.4 Å². The molecular formula is C14H12N4OS. The number of carbonyl (C=O) groups is 1. The van der Waals surface area contributed by atoms with Crippen molar-refractivity contribution in [2.24, 2.45) is 0 Å². The molecular weight excluding hydrogens is 272 g/mol. The van der Waals surface area contributed by atoms with Gasteiger partial charge in [0.2, 0.25) is 5.91 Å². The van der Waals surface area contributed by atoms with E-state index in [9.17, 15) is 4.79 Å². The second-order valence-electron chi connectivity index (χ2n) is 4.21. The summed E-state index contributed by atoms with van der Waals surface area (Å²) < 4.78 is 8.33. The van der Waals surface area contributed by atoms with Crippen molar-refractivity contribution in [1.82, 2.24) is 8.75 Å². The normalized spacial score (nSPS) is 10.4. The average Bonchev–Trinajstić information content (AvgIpc) is 2.96. The Labute approximate surface area is 120 Å². The fourth-order valence-corrected chi connectivity index (χ4v) is 2.39. The molecule has 0 saturated carbocycles. The van der Waals surface area contributed by atoms with Gasteiger partial charge >= 0.3 is 0 Å². The molecule has 0 fully saturated rings. The van der Waals surface area contributed by atoms with Crippen LogP contribution >= 0.6 is 11.7 Å². The van der Waals surface area contributed by atoms with Gasteiger partial charge in [0.15, 0.2) is 0 Å². The molecule has 3 aromatic rings. The maximum Gasteiger partial charge on any atom is 0.243 e. The number of para-hydroxylation sites is 1. The number of nitrogens with zero attached hydrogens (tertiary/aromatic N) is 2. The van der Waals surface area contributed by atoms with Crippen LogP contribution in [0.25, 0.3) is 11.0 Å². The summed E-state index contributed by atoms with van der Waals surface area (Å²) in [5.41, 5.74) is 3.13. The summed E-state index contributed by atoms with van der Waals surface area (Å²) in [6.45, 7) is 0.206. The van der Waals surface area contributed by atoms with Crippen LogP contribution in [0.4, 0.5) is 11.4 Å². The molecule has 0 bridgehead atoms. The lowest BCUT2D eigenvalue weighted by Crippen LogP contribution is -2.21. The van der Waals surface area contributed by atoms with Crippen molar-refractivity contribution < 1.29 is 4.79 Å². The zero-order chi connectivity index (χ0) is 13.8. The third-order valence-electron chi connectivity index (χ3n) is 2.79. The van der Waals surface area contributed by atoms with Gasteiger partial charge < -0.3 is 10.6 Å². The Morgan fingerprint density at radius 3 is 2.75 bits per heavy atom. The molecule has 3 rings (SSSR count). The Balaban J connectivity index is 1.66. The molecule has 0 spiro atoms. The fourth-order valence-electron chi connectivity index (χ4n) is 1.84. The summed E-state index contributed by atoms with van der Waals surface area (Å²) in [6, 6.07) is 15.1. The van der Waals surface area contributed by atoms with Crippen molar-refractivity contribution in [2.45, 2.75) is 0 Å². The zero-order valence-corrected chi connectivity index (χ0v) is 11.4. The smallest absolute Gasteiger partial charge is 0.243 e. The average molecular weight is 284 g/mol. The molecule has 0 atom stereocenters. The number of carbonyl (C=O) groups excluding carboxylic acids is 1. The molecule has 20 heavy (non-hydrogen) atoms. The number of amides is 1. The number of hydrogen-bond donors (Lipinski definition) is 2. The fraction of sp³-hybridized carbons (Fsp3) is 0.0714. The Morgan fingerprint density at radius 1 is 1.05 bits per heavy atom. The minimum absolute atomic E-state index is 0.116. The van der Waals surface area contributed by atoms with Gasteiger partial charge in [0, 0.05) is 5.69 Å². The van der Waals surface area contributed by atoms with Crippen LogP contribution < -0.4 is 10.6 Å². The highest BCUT2D eigenvalue weighted by molar-refractivity contribution is 7.00. The summed E-state index contributed by atoms with van der Waals surface area (Å²) >= 11 is 1.14. The highest BCUT2D eigenvalue weighted by atomic mass is 32.1. The number of rotatable bonds is 4. The van der Waals surface area contributed by atoms with Gasteiger partial charge in [-0.2, -0.15) is 8.75 Å². The number of fused-ring (bicyclic) bond motifs is 1. The van der Waals surface area contributed by atoms with Crippen molar-refractivity contribution >= 4 is 40.0 Å². The van der Waals surface area contributed by atoms with Crippen molar-refractivity contribution in [3.63, 3.8) is 0 Å². The molecule has 6 heteroatoms. The molecule has 1 aromatic heterocycles. The highest BCUT2D eigenvalue weighted by Gasteiger charge is 2.08. The topological polar surface area (TPSA) is 66.9 Å². The zero-order valence-electron chi connectivity index (χ0n) is 10.5. The first kappa shape index (κ1) is 12.6. The van der Waals surface area contributed by atoms with E-state index < -0.39 is 0 Å². The minimum Gasteiger partial charge on any atom is -0.376 e. The molecule has 0 aliphatic heterocycles. The third kappa shape index (κ3) is 2.75. The van der Waals surface area contributed by atoms with E-state index in [1.54, 1.807) is 0 Å². The molecule has 100 valence electrons. The summed E-state index contributed by atoms with van der Waals surface area (Å²) in [6.07, 6.45) is 0. The first-order valence-corrected chi connectivity index (χ1v) is 6.86. The van der Waals surface area contributed by atoms with E-state index in [4.69, 9.17) is 0 Å². The van der Waals surface area contributed by atoms with Crippen LogP contribution in [0.1, 0.15) is 0 Å². The van der Waals surface area contributed by atoms with Gasteiger partial charge in [-0.05, 0) is 24.3 Å². The summed E-state index contributed by atoms with van der Waals surface area (Å²) in [5, 5.41) is 5.91. The van der Waals surface area contributed by atoms with E-state index in [0.717, 1.165) is 28.4 Å². The Hall–Kier alpha value is -2.47. The lowest BCUT2D eigenvalue weighted by Gasteiger charge is -2.07. The first-order valence-electron chi connectivity index (χ1n) is 6.13. The number of aromatic nitrogens is 2. The number of benzene rings is 2. The van der Waals surface area contributed by atoms with Gasteiger partial charge in [-0.25, -0.2) is 0 Å². The van der Waals surface area contributed by atoms with Crippen LogP contribution in [-0.4, -0.2) is 21.2 Å². The van der Waals surface area contributed by atoms with Crippen molar-refractivity contribution in [3.05, 3.63) is 48.5 Å². The highest BCUT2D eigenvalue weighted by Crippen LogP contribution is 2.20. The molecule has 2 N–H and O–H groups in total. The van der Waals surface area contributed by atoms with E-state index in [1.165, 1.54) is 0 Å². The summed E-state index contributed by atoms with van der Waals surface area (Å²) in [4.78, 5) is 11.9. The van der Waals surface area contributed by atoms with Crippen LogP contribution in [0, 0.1) is 0 Å². The molecule has 0 radical (unpaired) electrons. The summed E-state index contributed by atoms with van der Waals surface area (Å²) in [5.74, 6) is -0.116. The first-order chi connectivity index (χ1) is 9.83. The number of anilines is 2. The van der Waals surface area contributed by atoms with Crippen molar-refractivity contribution in [1.29, 1.82) is 0 Å². The van der Waals surface area contributed by atoms with Crippen LogP contribution in [0.15, 0.2) is 48.5 Å². The largest absolute Gasteiger partial charge is 0.376 e. The predicted molar refractivity (Wildman–Crippen MR) is 81.0 cm³/mol. The van der Waals surface area contributed by atoms with Gasteiger partial charge in [-0.1, -0.05) is 24.3 Å². The molecule has 0 saturated heterocycles. The van der Waals surface area contributed by atoms with Crippen LogP contribution in [0.2, 0.25) is 0 Å². The second kappa shape index (κ2) is 5.66. The van der Waals surface area contributed by atoms with E-state index in [1.807, 2.05) is 48.5 Å². The quantitative estimate of drug-likeness (QED) is 0.773. The van der Waals surface area contributed by atoms with E-state index in [0.29, 0.717) is 5.69 Å². The molecule has 0 unspecified atom stereocenters. The van der Waals surface area contributed by atoms with Gasteiger partial charge in [-0.3, -0.25) is 4.79 Å². The Kier molecular flexibility index (Phi) is 3.56. The number of nitrogens with one attached hydrogen (secondary N) is 2. The van der Waals surface area contributed by atoms with Crippen LogP contribution in [-0.2, 0) is 4.79 Å². The minimum atomic E-state index is -0.116. The number of hydrogen-bond acceptors (Lipinski definition) is 5. The molecule has 5 nitrogen and oxygen atoms in total. The standard InChI is InChI=1S/C14H12N4OS/c19-13(9-15-10-5-2-1-3-6-10)16-11-7-4-8-12-14(11)18-20-17-12/h1-8,15H,9H2,(H,16,19).